The van der Waals surface area contributed by atoms with Gasteiger partial charge in [-0.25, -0.2) is 8.42 Å². The Kier molecular flexibility index (Phi) is 7.55. The summed E-state index contributed by atoms with van der Waals surface area (Å²) in [5.74, 6) is -0.956. The summed E-state index contributed by atoms with van der Waals surface area (Å²) in [5, 5.41) is 0.0629. The number of allylic oxidation sites excluding steroid dienone is 1. The normalized spacial score (nSPS) is 21.8. The number of amides is 2. The monoisotopic (exact) mass is 515 g/mol. The van der Waals surface area contributed by atoms with Crippen LogP contribution in [0.5, 0.6) is 0 Å². The van der Waals surface area contributed by atoms with E-state index in [2.05, 4.69) is 0 Å². The van der Waals surface area contributed by atoms with Crippen LogP contribution in [0.15, 0.2) is 17.5 Å². The lowest BCUT2D eigenvalue weighted by molar-refractivity contribution is -0.146. The van der Waals surface area contributed by atoms with Crippen molar-refractivity contribution in [1.29, 1.82) is 0 Å². The van der Waals surface area contributed by atoms with Crippen molar-refractivity contribution in [2.45, 2.75) is 31.6 Å². The lowest BCUT2D eigenvalue weighted by Crippen LogP contribution is -2.52. The Hall–Kier alpha value is -1.67. The van der Waals surface area contributed by atoms with E-state index < -0.39 is 39.8 Å². The van der Waals surface area contributed by atoms with Crippen LogP contribution in [0.4, 0.5) is 13.2 Å². The number of hydrogen-bond acceptors (Lipinski definition) is 6. The minimum Gasteiger partial charge on any atom is -0.378 e. The maximum atomic E-state index is 13.4. The van der Waals surface area contributed by atoms with Gasteiger partial charge in [0.1, 0.15) is 12.1 Å². The van der Waals surface area contributed by atoms with Crippen molar-refractivity contribution in [2.24, 2.45) is 0 Å². The summed E-state index contributed by atoms with van der Waals surface area (Å²) in [6.07, 6.45) is -4.92. The maximum Gasteiger partial charge on any atom is 0.418 e. The molecule has 2 atom stereocenters. The smallest absolute Gasteiger partial charge is 0.378 e. The third kappa shape index (κ3) is 5.81. The highest BCUT2D eigenvalue weighted by Gasteiger charge is 2.41. The number of nitrogens with one attached hydrogen (secondary N) is 1. The van der Waals surface area contributed by atoms with Crippen molar-refractivity contribution in [1.82, 2.24) is 14.5 Å². The molecule has 2 saturated heterocycles. The molecule has 2 aliphatic rings. The molecule has 1 aromatic rings. The van der Waals surface area contributed by atoms with Gasteiger partial charge in [-0.3, -0.25) is 9.59 Å². The van der Waals surface area contributed by atoms with Crippen LogP contribution in [-0.4, -0.2) is 81.1 Å². The van der Waals surface area contributed by atoms with E-state index in [9.17, 15) is 31.2 Å². The molecule has 0 bridgehead atoms. The predicted molar refractivity (Wildman–Crippen MR) is 112 cm³/mol. The van der Waals surface area contributed by atoms with Gasteiger partial charge in [0.05, 0.1) is 28.5 Å². The van der Waals surface area contributed by atoms with Gasteiger partial charge >= 0.3 is 6.18 Å². The van der Waals surface area contributed by atoms with E-state index >= 15 is 0 Å². The summed E-state index contributed by atoms with van der Waals surface area (Å²) in [7, 11) is -4.64. The zero-order valence-electron chi connectivity index (χ0n) is 16.9. The molecule has 3 heterocycles. The fraction of sp³-hybridized carbons (Fsp3) is 0.556. The van der Waals surface area contributed by atoms with Crippen molar-refractivity contribution in [3.05, 3.63) is 26.8 Å². The topological polar surface area (TPSA) is 96.0 Å². The number of carbonyl (C=O) groups is 2. The first-order chi connectivity index (χ1) is 14.9. The van der Waals surface area contributed by atoms with Crippen LogP contribution in [0, 0.1) is 0 Å². The number of carbonyl (C=O) groups excluding carboxylic acids is 2. The Morgan fingerprint density at radius 3 is 2.53 bits per heavy atom. The van der Waals surface area contributed by atoms with Gasteiger partial charge in [-0.05, 0) is 25.5 Å². The van der Waals surface area contributed by atoms with Crippen LogP contribution in [0.3, 0.4) is 0 Å². The fourth-order valence-electron chi connectivity index (χ4n) is 3.49. The summed E-state index contributed by atoms with van der Waals surface area (Å²) in [4.78, 5) is 27.8. The number of rotatable bonds is 6. The van der Waals surface area contributed by atoms with E-state index in [1.807, 2.05) is 4.72 Å². The molecule has 0 unspecified atom stereocenters. The maximum absolute atomic E-state index is 13.4. The van der Waals surface area contributed by atoms with Gasteiger partial charge in [0, 0.05) is 24.5 Å². The highest BCUT2D eigenvalue weighted by atomic mass is 35.5. The minimum atomic E-state index is -4.95. The fourth-order valence-corrected chi connectivity index (χ4v) is 5.90. The first-order valence-electron chi connectivity index (χ1n) is 9.63. The Labute approximate surface area is 192 Å². The molecule has 2 aliphatic heterocycles. The van der Waals surface area contributed by atoms with Gasteiger partial charge in [0.2, 0.25) is 21.8 Å². The quantitative estimate of drug-likeness (QED) is 0.626. The SMILES string of the molecule is C[C@@H](C(=O)N1CCOCC1)N1CC[C@H](NS(=O)(=O)/C=C(\c2ccc(Cl)s2)C(F)(F)F)C1=O. The molecule has 1 aromatic heterocycles. The van der Waals surface area contributed by atoms with Crippen molar-refractivity contribution in [3.63, 3.8) is 0 Å². The number of morpholine rings is 1. The molecule has 3 rings (SSSR count). The molecule has 14 heteroatoms. The number of sulfonamides is 1. The third-order valence-corrected chi connectivity index (χ3v) is 7.53. The second kappa shape index (κ2) is 9.67. The summed E-state index contributed by atoms with van der Waals surface area (Å²) in [5.41, 5.74) is -1.39. The average molecular weight is 516 g/mol. The lowest BCUT2D eigenvalue weighted by atomic mass is 10.2. The second-order valence-electron chi connectivity index (χ2n) is 7.28. The van der Waals surface area contributed by atoms with E-state index in [1.165, 1.54) is 17.9 Å². The molecule has 0 aliphatic carbocycles. The van der Waals surface area contributed by atoms with Crippen molar-refractivity contribution in [3.8, 4) is 0 Å². The average Bonchev–Trinajstić information content (AvgIpc) is 3.30. The van der Waals surface area contributed by atoms with Crippen molar-refractivity contribution in [2.75, 3.05) is 32.8 Å². The highest BCUT2D eigenvalue weighted by Crippen LogP contribution is 2.39. The molecule has 0 saturated carbocycles. The highest BCUT2D eigenvalue weighted by molar-refractivity contribution is 7.92. The van der Waals surface area contributed by atoms with Crippen LogP contribution in [-0.2, 0) is 24.3 Å². The number of ether oxygens (including phenoxy) is 1. The third-order valence-electron chi connectivity index (χ3n) is 5.11. The van der Waals surface area contributed by atoms with Crippen molar-refractivity contribution >= 4 is 50.3 Å². The largest absolute Gasteiger partial charge is 0.418 e. The van der Waals surface area contributed by atoms with Crippen LogP contribution in [0.25, 0.3) is 5.57 Å². The van der Waals surface area contributed by atoms with Crippen LogP contribution < -0.4 is 4.72 Å². The summed E-state index contributed by atoms with van der Waals surface area (Å²) >= 11 is 6.27. The number of nitrogens with zero attached hydrogens (tertiary/aromatic N) is 2. The Bertz CT molecular complexity index is 1010. The van der Waals surface area contributed by atoms with Crippen molar-refractivity contribution < 1.29 is 35.9 Å². The number of thiophene rings is 1. The zero-order chi connectivity index (χ0) is 23.7. The van der Waals surface area contributed by atoms with E-state index in [-0.39, 0.29) is 33.5 Å². The van der Waals surface area contributed by atoms with E-state index in [1.54, 1.807) is 4.90 Å². The Morgan fingerprint density at radius 2 is 1.97 bits per heavy atom. The van der Waals surface area contributed by atoms with Gasteiger partial charge in [0.15, 0.2) is 0 Å². The molecule has 0 radical (unpaired) electrons. The molecule has 2 fully saturated rings. The Morgan fingerprint density at radius 1 is 1.31 bits per heavy atom. The second-order valence-corrected chi connectivity index (χ2v) is 10.6. The van der Waals surface area contributed by atoms with E-state index in [0.717, 1.165) is 6.07 Å². The lowest BCUT2D eigenvalue weighted by Gasteiger charge is -2.32. The minimum absolute atomic E-state index is 0.0266. The van der Waals surface area contributed by atoms with Gasteiger partial charge < -0.3 is 14.5 Å². The molecule has 1 N–H and O–H groups in total. The first-order valence-corrected chi connectivity index (χ1v) is 12.4. The molecule has 0 aromatic carbocycles. The predicted octanol–water partition coefficient (Wildman–Crippen LogP) is 2.07. The molecule has 0 spiro atoms. The van der Waals surface area contributed by atoms with Gasteiger partial charge in [-0.15, -0.1) is 11.3 Å². The molecule has 8 nitrogen and oxygen atoms in total. The molecule has 2 amide bonds. The summed E-state index contributed by atoms with van der Waals surface area (Å²) in [6.45, 7) is 3.18. The first kappa shape index (κ1) is 25.0. The summed E-state index contributed by atoms with van der Waals surface area (Å²) < 4.78 is 72.5. The number of hydrogen-bond donors (Lipinski definition) is 1. The van der Waals surface area contributed by atoms with E-state index in [4.69, 9.17) is 16.3 Å². The van der Waals surface area contributed by atoms with Crippen LogP contribution in [0.2, 0.25) is 4.34 Å². The Balaban J connectivity index is 1.73. The van der Waals surface area contributed by atoms with Gasteiger partial charge in [-0.1, -0.05) is 11.6 Å². The number of alkyl halides is 3. The molecular formula is C18H21ClF3N3O5S2. The van der Waals surface area contributed by atoms with Crippen LogP contribution in [0.1, 0.15) is 18.2 Å². The summed E-state index contributed by atoms with van der Waals surface area (Å²) in [6, 6.07) is 0.206. The molecule has 178 valence electrons. The zero-order valence-corrected chi connectivity index (χ0v) is 19.3. The standard InChI is InChI=1S/C18H21ClF3N3O5S2/c1-11(16(26)24-6-8-30-9-7-24)25-5-4-13(17(25)27)23-32(28,29)10-12(18(20,21)22)14-2-3-15(19)31-14/h2-3,10-11,13,23H,4-9H2,1H3/b12-10+/t11-,13-/m0/s1. The van der Waals surface area contributed by atoms with Gasteiger partial charge in [-0.2, -0.15) is 17.9 Å². The van der Waals surface area contributed by atoms with Gasteiger partial charge in [0.25, 0.3) is 0 Å². The van der Waals surface area contributed by atoms with Crippen LogP contribution >= 0.6 is 22.9 Å². The van der Waals surface area contributed by atoms with E-state index in [0.29, 0.717) is 37.6 Å². The molecular weight excluding hydrogens is 495 g/mol. The number of likely N-dealkylation sites (tertiary alicyclic amines) is 1. The number of halogens is 4. The molecule has 32 heavy (non-hydrogen) atoms.